The van der Waals surface area contributed by atoms with Gasteiger partial charge in [0.05, 0.1) is 33.3 Å². The van der Waals surface area contributed by atoms with E-state index in [1.807, 2.05) is 5.32 Å². The van der Waals surface area contributed by atoms with Crippen LogP contribution in [-0.2, 0) is 4.79 Å². The van der Waals surface area contributed by atoms with Crippen LogP contribution >= 0.6 is 0 Å². The van der Waals surface area contributed by atoms with E-state index in [1.54, 1.807) is 0 Å². The fourth-order valence-corrected chi connectivity index (χ4v) is 1.95. The van der Waals surface area contributed by atoms with Gasteiger partial charge in [-0.15, -0.1) is 0 Å². The number of methoxy groups -OCH3 is 3. The highest BCUT2D eigenvalue weighted by Crippen LogP contribution is 2.39. The number of aliphatic carboxylic acids is 1. The lowest BCUT2D eigenvalue weighted by Gasteiger charge is -2.19. The Kier molecular flexibility index (Phi) is 6.27. The highest BCUT2D eigenvalue weighted by atomic mass is 19.4. The molecule has 10 heteroatoms. The van der Waals surface area contributed by atoms with Gasteiger partial charge in [0.1, 0.15) is 6.04 Å². The summed E-state index contributed by atoms with van der Waals surface area (Å²) in [5, 5.41) is 10.7. The van der Waals surface area contributed by atoms with Crippen LogP contribution in [0.25, 0.3) is 0 Å². The van der Waals surface area contributed by atoms with Crippen molar-refractivity contribution in [2.75, 3.05) is 21.3 Å². The number of ether oxygens (including phenoxy) is 3. The van der Waals surface area contributed by atoms with Crippen LogP contribution in [0.5, 0.6) is 17.2 Å². The number of halogens is 3. The molecule has 1 rings (SSSR count). The first kappa shape index (κ1) is 19.4. The summed E-state index contributed by atoms with van der Waals surface area (Å²) < 4.78 is 52.3. The van der Waals surface area contributed by atoms with Gasteiger partial charge >= 0.3 is 12.1 Å². The standard InChI is InChI=1S/C14H16F3NO6/c1-22-9-5-4-7(10(23-2)11(9)24-3)12(19)18-8(13(20)21)6-14(15,16)17/h4-5,8H,6H2,1-3H3,(H,18,19)(H,20,21). The van der Waals surface area contributed by atoms with Crippen LogP contribution in [0, 0.1) is 0 Å². The minimum absolute atomic E-state index is 0.0512. The normalized spacial score (nSPS) is 12.2. The summed E-state index contributed by atoms with van der Waals surface area (Å²) in [5.74, 6) is -2.67. The van der Waals surface area contributed by atoms with Gasteiger partial charge in [-0.2, -0.15) is 13.2 Å². The van der Waals surface area contributed by atoms with Gasteiger partial charge in [-0.1, -0.05) is 0 Å². The number of nitrogens with one attached hydrogen (secondary N) is 1. The number of hydrogen-bond donors (Lipinski definition) is 2. The Hall–Kier alpha value is -2.65. The summed E-state index contributed by atoms with van der Waals surface area (Å²) in [6.07, 6.45) is -6.46. The van der Waals surface area contributed by atoms with Crippen LogP contribution in [0.2, 0.25) is 0 Å². The summed E-state index contributed by atoms with van der Waals surface area (Å²) in [7, 11) is 3.85. The topological polar surface area (TPSA) is 94.1 Å². The van der Waals surface area contributed by atoms with Crippen LogP contribution in [0.15, 0.2) is 12.1 Å². The smallest absolute Gasteiger partial charge is 0.391 e. The predicted octanol–water partition coefficient (Wildman–Crippen LogP) is 1.85. The molecule has 7 nitrogen and oxygen atoms in total. The van der Waals surface area contributed by atoms with Gasteiger partial charge in [-0.3, -0.25) is 4.79 Å². The molecule has 2 N–H and O–H groups in total. The van der Waals surface area contributed by atoms with Crippen LogP contribution in [0.1, 0.15) is 16.8 Å². The zero-order chi connectivity index (χ0) is 18.5. The number of carbonyl (C=O) groups is 2. The Morgan fingerprint density at radius 1 is 1.12 bits per heavy atom. The maximum atomic E-state index is 12.4. The van der Waals surface area contributed by atoms with E-state index in [9.17, 15) is 22.8 Å². The number of benzene rings is 1. The Bertz CT molecular complexity index is 617. The Labute approximate surface area is 135 Å². The van der Waals surface area contributed by atoms with Crippen molar-refractivity contribution < 1.29 is 42.1 Å². The van der Waals surface area contributed by atoms with Crippen LogP contribution in [0.4, 0.5) is 13.2 Å². The largest absolute Gasteiger partial charge is 0.493 e. The summed E-state index contributed by atoms with van der Waals surface area (Å²) in [5.41, 5.74) is -0.191. The fourth-order valence-electron chi connectivity index (χ4n) is 1.95. The van der Waals surface area contributed by atoms with Gasteiger partial charge in [0.25, 0.3) is 5.91 Å². The second-order valence-corrected chi connectivity index (χ2v) is 4.57. The first-order valence-corrected chi connectivity index (χ1v) is 6.54. The number of carbonyl (C=O) groups excluding carboxylic acids is 1. The zero-order valence-electron chi connectivity index (χ0n) is 13.1. The third-order valence-corrected chi connectivity index (χ3v) is 2.99. The number of carboxylic acid groups (broad SMARTS) is 1. The highest BCUT2D eigenvalue weighted by molar-refractivity contribution is 6.00. The van der Waals surface area contributed by atoms with Crippen molar-refractivity contribution in [3.8, 4) is 17.2 Å². The maximum Gasteiger partial charge on any atom is 0.391 e. The molecule has 0 saturated carbocycles. The Morgan fingerprint density at radius 2 is 1.71 bits per heavy atom. The lowest BCUT2D eigenvalue weighted by atomic mass is 10.1. The molecule has 1 atom stereocenters. The summed E-state index contributed by atoms with van der Waals surface area (Å²) in [6, 6.07) is 0.438. The molecule has 0 saturated heterocycles. The summed E-state index contributed by atoms with van der Waals surface area (Å²) in [4.78, 5) is 23.1. The van der Waals surface area contributed by atoms with Gasteiger partial charge in [0.2, 0.25) is 5.75 Å². The van der Waals surface area contributed by atoms with E-state index in [0.29, 0.717) is 0 Å². The molecule has 134 valence electrons. The molecular formula is C14H16F3NO6. The van der Waals surface area contributed by atoms with Crippen LogP contribution in [-0.4, -0.2) is 50.5 Å². The molecule has 0 spiro atoms. The van der Waals surface area contributed by atoms with E-state index in [-0.39, 0.29) is 22.8 Å². The van der Waals surface area contributed by atoms with Gasteiger partial charge < -0.3 is 24.6 Å². The van der Waals surface area contributed by atoms with Crippen molar-refractivity contribution in [2.24, 2.45) is 0 Å². The monoisotopic (exact) mass is 351 g/mol. The maximum absolute atomic E-state index is 12.4. The quantitative estimate of drug-likeness (QED) is 0.779. The molecule has 0 aliphatic heterocycles. The Balaban J connectivity index is 3.16. The second kappa shape index (κ2) is 7.75. The number of carboxylic acids is 1. The molecule has 0 aromatic heterocycles. The molecule has 0 fully saturated rings. The molecule has 1 aromatic carbocycles. The average Bonchev–Trinajstić information content (AvgIpc) is 2.50. The van der Waals surface area contributed by atoms with E-state index in [2.05, 4.69) is 0 Å². The number of hydrogen-bond acceptors (Lipinski definition) is 5. The third kappa shape index (κ3) is 4.67. The molecule has 0 radical (unpaired) electrons. The summed E-state index contributed by atoms with van der Waals surface area (Å²) >= 11 is 0. The van der Waals surface area contributed by atoms with Crippen molar-refractivity contribution in [1.29, 1.82) is 0 Å². The molecule has 1 amide bonds. The van der Waals surface area contributed by atoms with Gasteiger partial charge in [0, 0.05) is 0 Å². The number of alkyl halides is 3. The second-order valence-electron chi connectivity index (χ2n) is 4.57. The molecular weight excluding hydrogens is 335 g/mol. The first-order chi connectivity index (χ1) is 11.1. The molecule has 0 heterocycles. The molecule has 1 aromatic rings. The minimum Gasteiger partial charge on any atom is -0.493 e. The van der Waals surface area contributed by atoms with Crippen LogP contribution < -0.4 is 19.5 Å². The molecule has 0 bridgehead atoms. The SMILES string of the molecule is COc1ccc(C(=O)NC(CC(F)(F)F)C(=O)O)c(OC)c1OC. The third-order valence-electron chi connectivity index (χ3n) is 2.99. The minimum atomic E-state index is -4.75. The average molecular weight is 351 g/mol. The van der Waals surface area contributed by atoms with Gasteiger partial charge in [-0.25, -0.2) is 4.79 Å². The zero-order valence-corrected chi connectivity index (χ0v) is 13.1. The Morgan fingerprint density at radius 3 is 2.12 bits per heavy atom. The fraction of sp³-hybridized carbons (Fsp3) is 0.429. The van der Waals surface area contributed by atoms with E-state index < -0.39 is 30.5 Å². The van der Waals surface area contributed by atoms with E-state index in [1.165, 1.54) is 33.5 Å². The van der Waals surface area contributed by atoms with Crippen molar-refractivity contribution in [1.82, 2.24) is 5.32 Å². The molecule has 24 heavy (non-hydrogen) atoms. The number of rotatable bonds is 7. The van der Waals surface area contributed by atoms with Crippen LogP contribution in [0.3, 0.4) is 0 Å². The molecule has 0 aliphatic carbocycles. The van der Waals surface area contributed by atoms with E-state index in [0.717, 1.165) is 0 Å². The van der Waals surface area contributed by atoms with Crippen molar-refractivity contribution in [3.05, 3.63) is 17.7 Å². The lowest BCUT2D eigenvalue weighted by molar-refractivity contribution is -0.157. The number of amides is 1. The van der Waals surface area contributed by atoms with Crippen molar-refractivity contribution in [2.45, 2.75) is 18.6 Å². The predicted molar refractivity (Wildman–Crippen MR) is 75.7 cm³/mol. The van der Waals surface area contributed by atoms with E-state index >= 15 is 0 Å². The van der Waals surface area contributed by atoms with Gasteiger partial charge in [-0.05, 0) is 12.1 Å². The summed E-state index contributed by atoms with van der Waals surface area (Å²) in [6.45, 7) is 0. The molecule has 1 unspecified atom stereocenters. The van der Waals surface area contributed by atoms with Crippen molar-refractivity contribution >= 4 is 11.9 Å². The highest BCUT2D eigenvalue weighted by Gasteiger charge is 2.37. The first-order valence-electron chi connectivity index (χ1n) is 6.54. The lowest BCUT2D eigenvalue weighted by Crippen LogP contribution is -2.43. The van der Waals surface area contributed by atoms with Gasteiger partial charge in [0.15, 0.2) is 11.5 Å². The van der Waals surface area contributed by atoms with Crippen molar-refractivity contribution in [3.63, 3.8) is 0 Å². The molecule has 0 aliphatic rings. The van der Waals surface area contributed by atoms with E-state index in [4.69, 9.17) is 19.3 Å².